The number of carbonyl (C=O) groups is 1. The molecule has 152 valence electrons. The highest BCUT2D eigenvalue weighted by molar-refractivity contribution is 5.96. The predicted molar refractivity (Wildman–Crippen MR) is 113 cm³/mol. The number of fused-ring (bicyclic) bond motifs is 2. The van der Waals surface area contributed by atoms with Gasteiger partial charge in [-0.05, 0) is 25.0 Å². The van der Waals surface area contributed by atoms with Crippen LogP contribution < -0.4 is 0 Å². The largest absolute Gasteiger partial charge is 0.338 e. The van der Waals surface area contributed by atoms with Crippen LogP contribution in [-0.4, -0.2) is 47.0 Å². The highest BCUT2D eigenvalue weighted by atomic mass is 16.2. The third kappa shape index (κ3) is 2.52. The molecule has 1 saturated carbocycles. The smallest absolute Gasteiger partial charge is 0.242 e. The molecule has 0 N–H and O–H groups in total. The first-order valence-electron chi connectivity index (χ1n) is 10.3. The zero-order valence-electron chi connectivity index (χ0n) is 17.3. The number of hydrogen-bond donors (Lipinski definition) is 0. The summed E-state index contributed by atoms with van der Waals surface area (Å²) < 4.78 is 5.86. The van der Waals surface area contributed by atoms with Crippen molar-refractivity contribution in [2.24, 2.45) is 14.1 Å². The van der Waals surface area contributed by atoms with Gasteiger partial charge in [-0.3, -0.25) is 14.2 Å². The molecule has 0 spiro atoms. The lowest BCUT2D eigenvalue weighted by Gasteiger charge is -2.26. The Kier molecular flexibility index (Phi) is 3.51. The van der Waals surface area contributed by atoms with Crippen molar-refractivity contribution < 1.29 is 4.79 Å². The number of hydrogen-bond acceptors (Lipinski definition) is 4. The molecule has 1 amide bonds. The van der Waals surface area contributed by atoms with E-state index in [-0.39, 0.29) is 5.91 Å². The minimum Gasteiger partial charge on any atom is -0.338 e. The third-order valence-electron chi connectivity index (χ3n) is 6.25. The van der Waals surface area contributed by atoms with Gasteiger partial charge in [-0.1, -0.05) is 6.07 Å². The summed E-state index contributed by atoms with van der Waals surface area (Å²) in [4.78, 5) is 19.2. The second-order valence-electron chi connectivity index (χ2n) is 8.48. The zero-order valence-corrected chi connectivity index (χ0v) is 17.3. The fourth-order valence-electron chi connectivity index (χ4n) is 4.47. The summed E-state index contributed by atoms with van der Waals surface area (Å²) >= 11 is 0. The van der Waals surface area contributed by atoms with Crippen LogP contribution in [0.2, 0.25) is 0 Å². The Labute approximate surface area is 173 Å². The zero-order chi connectivity index (χ0) is 20.6. The molecule has 0 saturated heterocycles. The molecule has 0 unspecified atom stereocenters. The van der Waals surface area contributed by atoms with Crippen LogP contribution in [0.5, 0.6) is 0 Å². The Bertz CT molecular complexity index is 1320. The summed E-state index contributed by atoms with van der Waals surface area (Å²) in [6, 6.07) is 6.41. The lowest BCUT2D eigenvalue weighted by molar-refractivity contribution is -0.132. The summed E-state index contributed by atoms with van der Waals surface area (Å²) in [5, 5.41) is 10.1. The molecule has 3 aromatic heterocycles. The summed E-state index contributed by atoms with van der Waals surface area (Å²) in [6.45, 7) is 0.981. The number of aromatic nitrogens is 6. The topological polar surface area (TPSA) is 73.8 Å². The molecule has 0 bridgehead atoms. The van der Waals surface area contributed by atoms with Crippen molar-refractivity contribution in [3.63, 3.8) is 0 Å². The molecule has 1 fully saturated rings. The van der Waals surface area contributed by atoms with Gasteiger partial charge in [0.25, 0.3) is 0 Å². The van der Waals surface area contributed by atoms with E-state index in [0.29, 0.717) is 19.0 Å². The fraction of sp³-hybridized carbons (Fsp3) is 0.364. The molecule has 0 radical (unpaired) electrons. The molecule has 6 rings (SSSR count). The van der Waals surface area contributed by atoms with Crippen LogP contribution in [0.15, 0.2) is 30.6 Å². The Morgan fingerprint density at radius 2 is 1.87 bits per heavy atom. The van der Waals surface area contributed by atoms with Crippen molar-refractivity contribution in [2.75, 3.05) is 7.05 Å². The lowest BCUT2D eigenvalue weighted by Crippen LogP contribution is -2.36. The normalized spacial score (nSPS) is 16.5. The minimum atomic E-state index is 0.148. The van der Waals surface area contributed by atoms with Gasteiger partial charge < -0.3 is 9.47 Å². The van der Waals surface area contributed by atoms with Crippen LogP contribution in [0.4, 0.5) is 0 Å². The van der Waals surface area contributed by atoms with Gasteiger partial charge in [0.15, 0.2) is 0 Å². The van der Waals surface area contributed by atoms with Crippen molar-refractivity contribution in [2.45, 2.75) is 31.8 Å². The van der Waals surface area contributed by atoms with E-state index >= 15 is 0 Å². The molecule has 4 heterocycles. The average molecular weight is 401 g/mol. The van der Waals surface area contributed by atoms with Gasteiger partial charge in [0.1, 0.15) is 18.1 Å². The molecule has 1 aliphatic heterocycles. The highest BCUT2D eigenvalue weighted by Crippen LogP contribution is 2.43. The van der Waals surface area contributed by atoms with Crippen LogP contribution in [0.1, 0.15) is 30.3 Å². The van der Waals surface area contributed by atoms with E-state index in [1.165, 1.54) is 0 Å². The predicted octanol–water partition coefficient (Wildman–Crippen LogP) is 2.69. The lowest BCUT2D eigenvalue weighted by atomic mass is 10.0. The summed E-state index contributed by atoms with van der Waals surface area (Å²) in [6.07, 6.45) is 6.15. The molecule has 8 heteroatoms. The number of benzene rings is 1. The van der Waals surface area contributed by atoms with Crippen LogP contribution in [0.25, 0.3) is 33.4 Å². The van der Waals surface area contributed by atoms with E-state index in [9.17, 15) is 4.79 Å². The van der Waals surface area contributed by atoms with E-state index < -0.39 is 0 Å². The van der Waals surface area contributed by atoms with Crippen molar-refractivity contribution in [1.82, 2.24) is 34.0 Å². The number of carbonyl (C=O) groups excluding carboxylic acids is 1. The monoisotopic (exact) mass is 401 g/mol. The van der Waals surface area contributed by atoms with Crippen molar-refractivity contribution >= 4 is 16.8 Å². The van der Waals surface area contributed by atoms with Crippen LogP contribution in [-0.2, 0) is 32.0 Å². The second-order valence-corrected chi connectivity index (χ2v) is 8.48. The number of nitrogens with zero attached hydrogens (tertiary/aromatic N) is 7. The van der Waals surface area contributed by atoms with Gasteiger partial charge in [-0.25, -0.2) is 4.98 Å². The van der Waals surface area contributed by atoms with E-state index in [1.807, 2.05) is 38.2 Å². The van der Waals surface area contributed by atoms with E-state index in [1.54, 1.807) is 9.58 Å². The van der Waals surface area contributed by atoms with Crippen LogP contribution in [0.3, 0.4) is 0 Å². The van der Waals surface area contributed by atoms with Gasteiger partial charge in [-0.2, -0.15) is 10.2 Å². The van der Waals surface area contributed by atoms with Crippen LogP contribution >= 0.6 is 0 Å². The van der Waals surface area contributed by atoms with Gasteiger partial charge >= 0.3 is 0 Å². The maximum Gasteiger partial charge on any atom is 0.242 e. The molecule has 30 heavy (non-hydrogen) atoms. The third-order valence-corrected chi connectivity index (χ3v) is 6.25. The Morgan fingerprint density at radius 3 is 2.60 bits per heavy atom. The first-order valence-corrected chi connectivity index (χ1v) is 10.3. The summed E-state index contributed by atoms with van der Waals surface area (Å²) in [5.74, 6) is 1.71. The van der Waals surface area contributed by atoms with Crippen LogP contribution in [0, 0.1) is 0 Å². The molecule has 8 nitrogen and oxygen atoms in total. The number of imidazole rings is 1. The second kappa shape index (κ2) is 6.04. The van der Waals surface area contributed by atoms with E-state index in [2.05, 4.69) is 27.9 Å². The summed E-state index contributed by atoms with van der Waals surface area (Å²) in [5.41, 5.74) is 6.17. The number of rotatable bonds is 3. The highest BCUT2D eigenvalue weighted by Gasteiger charge is 2.35. The van der Waals surface area contributed by atoms with Gasteiger partial charge in [-0.15, -0.1) is 0 Å². The van der Waals surface area contributed by atoms with E-state index in [4.69, 9.17) is 10.1 Å². The maximum absolute atomic E-state index is 12.3. The van der Waals surface area contributed by atoms with E-state index in [0.717, 1.165) is 57.8 Å². The Hall–Kier alpha value is -3.42. The molecule has 2 aliphatic rings. The van der Waals surface area contributed by atoms with Gasteiger partial charge in [0, 0.05) is 49.8 Å². The molecule has 1 aromatic carbocycles. The number of amides is 1. The van der Waals surface area contributed by atoms with Crippen molar-refractivity contribution in [3.8, 4) is 22.5 Å². The first-order chi connectivity index (χ1) is 14.5. The molecule has 1 aliphatic carbocycles. The molecular formula is C22H23N7O. The molecule has 4 aromatic rings. The SMILES string of the molecule is CN1Cc2c(-c3ccc4c(c3)c(-c3cnn(C)c3)nn4C)nc(C3CC3)n2CC1=O. The Balaban J connectivity index is 1.54. The van der Waals surface area contributed by atoms with Gasteiger partial charge in [0.05, 0.1) is 29.6 Å². The molecule has 0 atom stereocenters. The fourth-order valence-corrected chi connectivity index (χ4v) is 4.47. The number of aryl methyl sites for hydroxylation is 2. The average Bonchev–Trinajstić information content (AvgIpc) is 3.26. The number of likely N-dealkylation sites (N-methyl/N-ethyl adjacent to an activating group) is 1. The standard InChI is InChI=1S/C22H23N7O/c1-26-11-18-21(24-22(13-4-5-13)29(18)12-19(26)30)14-6-7-17-16(8-14)20(25-28(17)3)15-9-23-27(2)10-15/h6-10,13H,4-5,11-12H2,1-3H3. The first kappa shape index (κ1) is 17.4. The van der Waals surface area contributed by atoms with Crippen molar-refractivity contribution in [3.05, 3.63) is 42.1 Å². The maximum atomic E-state index is 12.3. The minimum absolute atomic E-state index is 0.148. The quantitative estimate of drug-likeness (QED) is 0.529. The summed E-state index contributed by atoms with van der Waals surface area (Å²) in [7, 11) is 5.74. The Morgan fingerprint density at radius 1 is 1.03 bits per heavy atom. The van der Waals surface area contributed by atoms with Crippen molar-refractivity contribution in [1.29, 1.82) is 0 Å². The molecular weight excluding hydrogens is 378 g/mol. The van der Waals surface area contributed by atoms with Gasteiger partial charge in [0.2, 0.25) is 5.91 Å².